The number of furan rings is 1. The van der Waals surface area contributed by atoms with E-state index in [9.17, 15) is 4.79 Å². The highest BCUT2D eigenvalue weighted by Crippen LogP contribution is 2.22. The van der Waals surface area contributed by atoms with Gasteiger partial charge in [-0.2, -0.15) is 5.10 Å². The fourth-order valence-electron chi connectivity index (χ4n) is 2.28. The third-order valence-electron chi connectivity index (χ3n) is 3.46. The summed E-state index contributed by atoms with van der Waals surface area (Å²) in [5.41, 5.74) is 4.06. The zero-order valence-electron chi connectivity index (χ0n) is 12.7. The second-order valence-electron chi connectivity index (χ2n) is 5.09. The highest BCUT2D eigenvalue weighted by Gasteiger charge is 2.04. The summed E-state index contributed by atoms with van der Waals surface area (Å²) in [6, 6.07) is 17.5. The van der Waals surface area contributed by atoms with Gasteiger partial charge in [0, 0.05) is 11.1 Å². The van der Waals surface area contributed by atoms with Crippen LogP contribution in [0, 0.1) is 0 Å². The molecule has 1 aromatic heterocycles. The van der Waals surface area contributed by atoms with Gasteiger partial charge in [0.15, 0.2) is 0 Å². The predicted octanol–water partition coefficient (Wildman–Crippen LogP) is 3.39. The number of hydrogen-bond acceptors (Lipinski definition) is 4. The molecule has 1 heterocycles. The SMILES string of the molecule is C/C(=N\NC(=O)CNc1cccc2ccccc12)c1ccco1. The van der Waals surface area contributed by atoms with Crippen molar-refractivity contribution < 1.29 is 9.21 Å². The Kier molecular flexibility index (Phi) is 4.38. The Hall–Kier alpha value is -3.08. The number of fused-ring (bicyclic) bond motifs is 1. The molecule has 5 nitrogen and oxygen atoms in total. The van der Waals surface area contributed by atoms with E-state index >= 15 is 0 Å². The topological polar surface area (TPSA) is 66.6 Å². The number of hydrazone groups is 1. The van der Waals surface area contributed by atoms with Crippen LogP contribution in [0.1, 0.15) is 12.7 Å². The van der Waals surface area contributed by atoms with Gasteiger partial charge >= 0.3 is 0 Å². The number of nitrogens with one attached hydrogen (secondary N) is 2. The molecule has 2 N–H and O–H groups in total. The lowest BCUT2D eigenvalue weighted by molar-refractivity contribution is -0.119. The Morgan fingerprint density at radius 3 is 2.74 bits per heavy atom. The fourth-order valence-corrected chi connectivity index (χ4v) is 2.28. The van der Waals surface area contributed by atoms with Crippen molar-refractivity contribution in [3.8, 4) is 0 Å². The number of nitrogens with zero attached hydrogens (tertiary/aromatic N) is 1. The molecule has 0 aliphatic rings. The Balaban J connectivity index is 1.61. The molecule has 0 aliphatic heterocycles. The van der Waals surface area contributed by atoms with Gasteiger partial charge in [-0.15, -0.1) is 0 Å². The zero-order valence-corrected chi connectivity index (χ0v) is 12.7. The van der Waals surface area contributed by atoms with Gasteiger partial charge < -0.3 is 9.73 Å². The maximum absolute atomic E-state index is 11.9. The summed E-state index contributed by atoms with van der Waals surface area (Å²) in [6.07, 6.45) is 1.57. The minimum atomic E-state index is -0.219. The Bertz CT molecular complexity index is 833. The van der Waals surface area contributed by atoms with E-state index in [2.05, 4.69) is 15.8 Å². The molecule has 0 radical (unpaired) electrons. The summed E-state index contributed by atoms with van der Waals surface area (Å²) in [5, 5.41) is 9.38. The van der Waals surface area contributed by atoms with Crippen LogP contribution in [0.5, 0.6) is 0 Å². The highest BCUT2D eigenvalue weighted by molar-refractivity contribution is 5.97. The van der Waals surface area contributed by atoms with Gasteiger partial charge in [-0.3, -0.25) is 4.79 Å². The maximum atomic E-state index is 11.9. The van der Waals surface area contributed by atoms with E-state index in [-0.39, 0.29) is 12.5 Å². The molecule has 2 aromatic carbocycles. The minimum Gasteiger partial charge on any atom is -0.463 e. The van der Waals surface area contributed by atoms with Crippen molar-refractivity contribution in [2.24, 2.45) is 5.10 Å². The van der Waals surface area contributed by atoms with Gasteiger partial charge in [-0.05, 0) is 30.5 Å². The largest absolute Gasteiger partial charge is 0.463 e. The van der Waals surface area contributed by atoms with Crippen LogP contribution < -0.4 is 10.7 Å². The van der Waals surface area contributed by atoms with Crippen LogP contribution in [0.2, 0.25) is 0 Å². The van der Waals surface area contributed by atoms with Gasteiger partial charge in [0.25, 0.3) is 5.91 Å². The predicted molar refractivity (Wildman–Crippen MR) is 91.5 cm³/mol. The molecule has 0 saturated heterocycles. The molecule has 3 rings (SSSR count). The van der Waals surface area contributed by atoms with Crippen LogP contribution in [0.15, 0.2) is 70.4 Å². The molecule has 3 aromatic rings. The Morgan fingerprint density at radius 2 is 1.91 bits per heavy atom. The second kappa shape index (κ2) is 6.79. The van der Waals surface area contributed by atoms with Gasteiger partial charge in [0.1, 0.15) is 11.5 Å². The van der Waals surface area contributed by atoms with Crippen LogP contribution in [0.25, 0.3) is 10.8 Å². The number of amides is 1. The third kappa shape index (κ3) is 3.58. The normalized spacial score (nSPS) is 11.4. The first kappa shape index (κ1) is 14.8. The average Bonchev–Trinajstić information content (AvgIpc) is 3.12. The minimum absolute atomic E-state index is 0.142. The second-order valence-corrected chi connectivity index (χ2v) is 5.09. The number of carbonyl (C=O) groups excluding carboxylic acids is 1. The average molecular weight is 307 g/mol. The fraction of sp³-hybridized carbons (Fsp3) is 0.111. The lowest BCUT2D eigenvalue weighted by Crippen LogP contribution is -2.26. The van der Waals surface area contributed by atoms with Gasteiger partial charge in [0.2, 0.25) is 0 Å². The molecular formula is C18H17N3O2. The quantitative estimate of drug-likeness (QED) is 0.561. The van der Waals surface area contributed by atoms with Crippen LogP contribution >= 0.6 is 0 Å². The number of benzene rings is 2. The summed E-state index contributed by atoms with van der Waals surface area (Å²) in [5.74, 6) is 0.413. The van der Waals surface area contributed by atoms with E-state index in [1.54, 1.807) is 25.3 Å². The summed E-state index contributed by atoms with van der Waals surface area (Å²) in [4.78, 5) is 11.9. The van der Waals surface area contributed by atoms with Crippen LogP contribution in [0.3, 0.4) is 0 Å². The van der Waals surface area contributed by atoms with Crippen LogP contribution in [-0.4, -0.2) is 18.2 Å². The van der Waals surface area contributed by atoms with Crippen molar-refractivity contribution in [1.29, 1.82) is 0 Å². The van der Waals surface area contributed by atoms with Crippen LogP contribution in [0.4, 0.5) is 5.69 Å². The first-order valence-corrected chi connectivity index (χ1v) is 7.32. The van der Waals surface area contributed by atoms with E-state index in [4.69, 9.17) is 4.42 Å². The Labute approximate surface area is 134 Å². The lowest BCUT2D eigenvalue weighted by atomic mass is 10.1. The van der Waals surface area contributed by atoms with E-state index in [0.717, 1.165) is 16.5 Å². The molecule has 5 heteroatoms. The molecule has 0 fully saturated rings. The van der Waals surface area contributed by atoms with Gasteiger partial charge in [0.05, 0.1) is 12.8 Å². The molecule has 0 bridgehead atoms. The molecule has 0 aliphatic carbocycles. The van der Waals surface area contributed by atoms with E-state index in [1.165, 1.54) is 0 Å². The summed E-state index contributed by atoms with van der Waals surface area (Å²) < 4.78 is 5.21. The van der Waals surface area contributed by atoms with Crippen molar-refractivity contribution in [3.05, 3.63) is 66.6 Å². The molecule has 23 heavy (non-hydrogen) atoms. The molecule has 0 atom stereocenters. The third-order valence-corrected chi connectivity index (χ3v) is 3.46. The summed E-state index contributed by atoms with van der Waals surface area (Å²) in [7, 11) is 0. The first-order valence-electron chi connectivity index (χ1n) is 7.32. The van der Waals surface area contributed by atoms with Crippen molar-refractivity contribution >= 4 is 28.1 Å². The lowest BCUT2D eigenvalue weighted by Gasteiger charge is -2.09. The molecular weight excluding hydrogens is 290 g/mol. The molecule has 1 amide bonds. The van der Waals surface area contributed by atoms with Crippen LogP contribution in [-0.2, 0) is 4.79 Å². The smallest absolute Gasteiger partial charge is 0.259 e. The molecule has 0 unspecified atom stereocenters. The number of carbonyl (C=O) groups is 1. The summed E-state index contributed by atoms with van der Waals surface area (Å²) >= 11 is 0. The number of anilines is 1. The van der Waals surface area contributed by atoms with Crippen molar-refractivity contribution in [1.82, 2.24) is 5.43 Å². The standard InChI is InChI=1S/C18H17N3O2/c1-13(17-10-5-11-23-17)20-21-18(22)12-19-16-9-4-7-14-6-2-3-8-15(14)16/h2-11,19H,12H2,1H3,(H,21,22)/b20-13+. The molecule has 116 valence electrons. The maximum Gasteiger partial charge on any atom is 0.259 e. The molecule has 0 saturated carbocycles. The monoisotopic (exact) mass is 307 g/mol. The van der Waals surface area contributed by atoms with Crippen molar-refractivity contribution in [2.45, 2.75) is 6.92 Å². The van der Waals surface area contributed by atoms with Crippen molar-refractivity contribution in [3.63, 3.8) is 0 Å². The number of hydrogen-bond donors (Lipinski definition) is 2. The number of rotatable bonds is 5. The zero-order chi connectivity index (χ0) is 16.1. The van der Waals surface area contributed by atoms with Crippen molar-refractivity contribution in [2.75, 3.05) is 11.9 Å². The Morgan fingerprint density at radius 1 is 1.09 bits per heavy atom. The van der Waals surface area contributed by atoms with E-state index in [1.807, 2.05) is 42.5 Å². The van der Waals surface area contributed by atoms with E-state index < -0.39 is 0 Å². The summed E-state index contributed by atoms with van der Waals surface area (Å²) in [6.45, 7) is 1.92. The first-order chi connectivity index (χ1) is 11.2. The van der Waals surface area contributed by atoms with Gasteiger partial charge in [-0.1, -0.05) is 36.4 Å². The molecule has 0 spiro atoms. The van der Waals surface area contributed by atoms with E-state index in [0.29, 0.717) is 11.5 Å². The van der Waals surface area contributed by atoms with Gasteiger partial charge in [-0.25, -0.2) is 5.43 Å². The highest BCUT2D eigenvalue weighted by atomic mass is 16.3.